The Labute approximate surface area is 96.1 Å². The van der Waals surface area contributed by atoms with Gasteiger partial charge in [0.2, 0.25) is 0 Å². The van der Waals surface area contributed by atoms with Gasteiger partial charge in [0, 0.05) is 13.2 Å². The zero-order valence-electron chi connectivity index (χ0n) is 9.89. The van der Waals surface area contributed by atoms with E-state index < -0.39 is 0 Å². The van der Waals surface area contributed by atoms with E-state index in [0.717, 1.165) is 25.3 Å². The number of benzene rings is 1. The molecule has 0 radical (unpaired) electrons. The van der Waals surface area contributed by atoms with E-state index in [2.05, 4.69) is 29.5 Å². The topological polar surface area (TPSA) is 27.1 Å². The lowest BCUT2D eigenvalue weighted by Crippen LogP contribution is -2.08. The molecule has 0 aliphatic rings. The normalized spacial score (nSPS) is 11.4. The molecule has 0 amide bonds. The van der Waals surface area contributed by atoms with Gasteiger partial charge >= 0.3 is 0 Å². The fourth-order valence-electron chi connectivity index (χ4n) is 1.67. The average Bonchev–Trinajstić information content (AvgIpc) is 2.68. The van der Waals surface area contributed by atoms with Crippen LogP contribution in [0.3, 0.4) is 0 Å². The molecule has 1 aromatic heterocycles. The highest BCUT2D eigenvalue weighted by atomic mass is 16.5. The molecule has 3 heteroatoms. The van der Waals surface area contributed by atoms with Crippen LogP contribution in [0.1, 0.15) is 13.8 Å². The largest absolute Gasteiger partial charge is 0.379 e. The highest BCUT2D eigenvalue weighted by Gasteiger charge is 2.01. The third-order valence-corrected chi connectivity index (χ3v) is 2.46. The van der Waals surface area contributed by atoms with E-state index >= 15 is 0 Å². The van der Waals surface area contributed by atoms with E-state index in [9.17, 15) is 0 Å². The summed E-state index contributed by atoms with van der Waals surface area (Å²) in [5, 5.41) is 0. The van der Waals surface area contributed by atoms with Gasteiger partial charge in [0.25, 0.3) is 0 Å². The van der Waals surface area contributed by atoms with Gasteiger partial charge in [0.05, 0.1) is 24.0 Å². The first kappa shape index (κ1) is 11.1. The molecule has 0 atom stereocenters. The summed E-state index contributed by atoms with van der Waals surface area (Å²) >= 11 is 0. The molecule has 0 bridgehead atoms. The minimum absolute atomic E-state index is 0.597. The van der Waals surface area contributed by atoms with Crippen molar-refractivity contribution >= 4 is 11.0 Å². The van der Waals surface area contributed by atoms with Crippen LogP contribution in [-0.4, -0.2) is 22.8 Å². The Morgan fingerprint density at radius 1 is 1.31 bits per heavy atom. The van der Waals surface area contributed by atoms with Gasteiger partial charge in [-0.25, -0.2) is 4.98 Å². The van der Waals surface area contributed by atoms with Crippen molar-refractivity contribution in [3.63, 3.8) is 0 Å². The molecule has 1 heterocycles. The van der Waals surface area contributed by atoms with Crippen LogP contribution in [0.2, 0.25) is 0 Å². The van der Waals surface area contributed by atoms with Crippen LogP contribution < -0.4 is 0 Å². The van der Waals surface area contributed by atoms with Crippen molar-refractivity contribution in [2.24, 2.45) is 5.92 Å². The summed E-state index contributed by atoms with van der Waals surface area (Å²) in [5.74, 6) is 0.597. The number of aromatic nitrogens is 2. The predicted octanol–water partition coefficient (Wildman–Crippen LogP) is 2.71. The van der Waals surface area contributed by atoms with Gasteiger partial charge in [-0.1, -0.05) is 26.0 Å². The summed E-state index contributed by atoms with van der Waals surface area (Å²) in [7, 11) is 0. The number of hydrogen-bond donors (Lipinski definition) is 0. The van der Waals surface area contributed by atoms with Gasteiger partial charge in [0.1, 0.15) is 0 Å². The Kier molecular flexibility index (Phi) is 3.57. The molecule has 86 valence electrons. The van der Waals surface area contributed by atoms with Crippen LogP contribution in [-0.2, 0) is 11.3 Å². The maximum Gasteiger partial charge on any atom is 0.0959 e. The van der Waals surface area contributed by atoms with E-state index in [-0.39, 0.29) is 0 Å². The summed E-state index contributed by atoms with van der Waals surface area (Å²) in [4.78, 5) is 4.34. The van der Waals surface area contributed by atoms with Gasteiger partial charge in [0.15, 0.2) is 0 Å². The standard InChI is InChI=1S/C13H18N2O/c1-11(2)9-16-8-7-15-10-14-12-5-3-4-6-13(12)15/h3-6,10-11H,7-9H2,1-2H3. The van der Waals surface area contributed by atoms with Crippen LogP contribution >= 0.6 is 0 Å². The second kappa shape index (κ2) is 5.12. The molecule has 0 unspecified atom stereocenters. The van der Waals surface area contributed by atoms with Crippen molar-refractivity contribution in [3.05, 3.63) is 30.6 Å². The van der Waals surface area contributed by atoms with E-state index in [1.807, 2.05) is 24.5 Å². The molecular weight excluding hydrogens is 200 g/mol. The SMILES string of the molecule is CC(C)COCCn1cnc2ccccc21. The van der Waals surface area contributed by atoms with Crippen LogP contribution in [0.4, 0.5) is 0 Å². The monoisotopic (exact) mass is 218 g/mol. The molecule has 0 saturated carbocycles. The quantitative estimate of drug-likeness (QED) is 0.721. The number of hydrogen-bond acceptors (Lipinski definition) is 2. The fraction of sp³-hybridized carbons (Fsp3) is 0.462. The predicted molar refractivity (Wildman–Crippen MR) is 65.4 cm³/mol. The molecule has 0 N–H and O–H groups in total. The highest BCUT2D eigenvalue weighted by molar-refractivity contribution is 5.74. The fourth-order valence-corrected chi connectivity index (χ4v) is 1.67. The second-order valence-corrected chi connectivity index (χ2v) is 4.40. The first-order chi connectivity index (χ1) is 7.77. The van der Waals surface area contributed by atoms with Gasteiger partial charge in [-0.3, -0.25) is 0 Å². The van der Waals surface area contributed by atoms with Crippen molar-refractivity contribution in [2.75, 3.05) is 13.2 Å². The number of rotatable bonds is 5. The molecule has 0 fully saturated rings. The summed E-state index contributed by atoms with van der Waals surface area (Å²) in [6, 6.07) is 8.16. The van der Waals surface area contributed by atoms with Crippen molar-refractivity contribution in [1.29, 1.82) is 0 Å². The molecule has 1 aromatic carbocycles. The molecule has 2 rings (SSSR count). The molecule has 2 aromatic rings. The number of para-hydroxylation sites is 2. The molecule has 16 heavy (non-hydrogen) atoms. The Morgan fingerprint density at radius 3 is 2.94 bits per heavy atom. The Morgan fingerprint density at radius 2 is 2.12 bits per heavy atom. The van der Waals surface area contributed by atoms with Crippen molar-refractivity contribution < 1.29 is 4.74 Å². The Hall–Kier alpha value is -1.35. The maximum absolute atomic E-state index is 5.57. The first-order valence-electron chi connectivity index (χ1n) is 5.75. The molecule has 3 nitrogen and oxygen atoms in total. The Bertz CT molecular complexity index is 448. The van der Waals surface area contributed by atoms with Gasteiger partial charge < -0.3 is 9.30 Å². The Balaban J connectivity index is 1.94. The second-order valence-electron chi connectivity index (χ2n) is 4.40. The van der Waals surface area contributed by atoms with E-state index in [1.165, 1.54) is 5.52 Å². The lowest BCUT2D eigenvalue weighted by molar-refractivity contribution is 0.104. The summed E-state index contributed by atoms with van der Waals surface area (Å²) in [6.07, 6.45) is 1.88. The van der Waals surface area contributed by atoms with Gasteiger partial charge in [-0.2, -0.15) is 0 Å². The highest BCUT2D eigenvalue weighted by Crippen LogP contribution is 2.11. The first-order valence-corrected chi connectivity index (χ1v) is 5.75. The number of fused-ring (bicyclic) bond motifs is 1. The van der Waals surface area contributed by atoms with Crippen LogP contribution in [0.25, 0.3) is 11.0 Å². The smallest absolute Gasteiger partial charge is 0.0959 e. The van der Waals surface area contributed by atoms with Crippen LogP contribution in [0, 0.1) is 5.92 Å². The van der Waals surface area contributed by atoms with Crippen molar-refractivity contribution in [1.82, 2.24) is 9.55 Å². The van der Waals surface area contributed by atoms with E-state index in [1.54, 1.807) is 0 Å². The van der Waals surface area contributed by atoms with Gasteiger partial charge in [-0.15, -0.1) is 0 Å². The van der Waals surface area contributed by atoms with Crippen LogP contribution in [0.5, 0.6) is 0 Å². The van der Waals surface area contributed by atoms with Crippen molar-refractivity contribution in [3.8, 4) is 0 Å². The summed E-state index contributed by atoms with van der Waals surface area (Å²) in [5.41, 5.74) is 2.22. The lowest BCUT2D eigenvalue weighted by Gasteiger charge is -2.07. The molecule has 0 spiro atoms. The summed E-state index contributed by atoms with van der Waals surface area (Å²) in [6.45, 7) is 6.76. The number of nitrogens with zero attached hydrogens (tertiary/aromatic N) is 2. The minimum Gasteiger partial charge on any atom is -0.379 e. The van der Waals surface area contributed by atoms with E-state index in [0.29, 0.717) is 5.92 Å². The zero-order valence-corrected chi connectivity index (χ0v) is 9.89. The van der Waals surface area contributed by atoms with Crippen LogP contribution in [0.15, 0.2) is 30.6 Å². The van der Waals surface area contributed by atoms with Crippen molar-refractivity contribution in [2.45, 2.75) is 20.4 Å². The third kappa shape index (κ3) is 2.61. The molecular formula is C13H18N2O. The maximum atomic E-state index is 5.57. The summed E-state index contributed by atoms with van der Waals surface area (Å²) < 4.78 is 7.70. The minimum atomic E-state index is 0.597. The number of ether oxygens (including phenoxy) is 1. The third-order valence-electron chi connectivity index (χ3n) is 2.46. The molecule has 0 aliphatic heterocycles. The molecule has 0 aliphatic carbocycles. The lowest BCUT2D eigenvalue weighted by atomic mass is 10.2. The zero-order chi connectivity index (χ0) is 11.4. The van der Waals surface area contributed by atoms with E-state index in [4.69, 9.17) is 4.74 Å². The molecule has 0 saturated heterocycles. The van der Waals surface area contributed by atoms with Gasteiger partial charge in [-0.05, 0) is 18.1 Å². The average molecular weight is 218 g/mol. The number of imidazole rings is 1.